The molecule has 2 heterocycles. The number of nitrogens with two attached hydrogens (primary N) is 1. The molecule has 0 saturated carbocycles. The Balaban J connectivity index is 1.98. The van der Waals surface area contributed by atoms with Crippen molar-refractivity contribution in [2.75, 3.05) is 5.73 Å². The smallest absolute Gasteiger partial charge is 0.146 e. The zero-order valence-electron chi connectivity index (χ0n) is 11.0. The van der Waals surface area contributed by atoms with Crippen LogP contribution in [-0.4, -0.2) is 14.5 Å². The van der Waals surface area contributed by atoms with Gasteiger partial charge in [-0.15, -0.1) is 0 Å². The van der Waals surface area contributed by atoms with E-state index >= 15 is 0 Å². The Morgan fingerprint density at radius 2 is 2.05 bits per heavy atom. The van der Waals surface area contributed by atoms with Crippen molar-refractivity contribution in [3.8, 4) is 11.4 Å². The summed E-state index contributed by atoms with van der Waals surface area (Å²) in [6.07, 6.45) is 5.06. The Morgan fingerprint density at radius 1 is 1.19 bits per heavy atom. The highest BCUT2D eigenvalue weighted by Gasteiger charge is 2.11. The standard InChI is InChI=1S/C15H12ClFN4/c16-12-3-1-2-11(14(12)17)9-21-7-6-20-15(21)10-4-5-19-13(18)8-10/h1-8H,9H2,(H2,18,19). The molecule has 21 heavy (non-hydrogen) atoms. The summed E-state index contributed by atoms with van der Waals surface area (Å²) in [6, 6.07) is 8.49. The molecule has 0 fully saturated rings. The van der Waals surface area contributed by atoms with E-state index in [2.05, 4.69) is 9.97 Å². The summed E-state index contributed by atoms with van der Waals surface area (Å²) in [5.41, 5.74) is 7.02. The van der Waals surface area contributed by atoms with E-state index < -0.39 is 5.82 Å². The van der Waals surface area contributed by atoms with Gasteiger partial charge >= 0.3 is 0 Å². The third-order valence-corrected chi connectivity index (χ3v) is 3.42. The molecule has 3 rings (SSSR count). The number of nitrogens with zero attached hydrogens (tertiary/aromatic N) is 3. The summed E-state index contributed by atoms with van der Waals surface area (Å²) in [5, 5.41) is 0.113. The Hall–Kier alpha value is -2.40. The van der Waals surface area contributed by atoms with Gasteiger partial charge in [0.15, 0.2) is 0 Å². The Bertz CT molecular complexity index is 785. The lowest BCUT2D eigenvalue weighted by Gasteiger charge is -2.10. The largest absolute Gasteiger partial charge is 0.384 e. The van der Waals surface area contributed by atoms with Gasteiger partial charge in [-0.3, -0.25) is 0 Å². The molecular weight excluding hydrogens is 291 g/mol. The first-order chi connectivity index (χ1) is 10.1. The van der Waals surface area contributed by atoms with Crippen molar-refractivity contribution in [3.63, 3.8) is 0 Å². The molecule has 0 spiro atoms. The first-order valence-electron chi connectivity index (χ1n) is 6.31. The second-order valence-electron chi connectivity index (χ2n) is 4.56. The van der Waals surface area contributed by atoms with E-state index in [1.165, 1.54) is 6.07 Å². The molecule has 4 nitrogen and oxygen atoms in total. The molecule has 3 aromatic rings. The minimum Gasteiger partial charge on any atom is -0.384 e. The van der Waals surface area contributed by atoms with Crippen molar-refractivity contribution in [2.24, 2.45) is 0 Å². The average Bonchev–Trinajstić information content (AvgIpc) is 2.92. The summed E-state index contributed by atoms with van der Waals surface area (Å²) in [6.45, 7) is 0.337. The van der Waals surface area contributed by atoms with Gasteiger partial charge in [-0.05, 0) is 18.2 Å². The molecule has 106 valence electrons. The van der Waals surface area contributed by atoms with Crippen LogP contribution >= 0.6 is 11.6 Å². The van der Waals surface area contributed by atoms with Crippen molar-refractivity contribution < 1.29 is 4.39 Å². The summed E-state index contributed by atoms with van der Waals surface area (Å²) in [7, 11) is 0. The topological polar surface area (TPSA) is 56.7 Å². The van der Waals surface area contributed by atoms with E-state index in [0.29, 0.717) is 23.8 Å². The lowest BCUT2D eigenvalue weighted by atomic mass is 10.2. The molecule has 0 unspecified atom stereocenters. The van der Waals surface area contributed by atoms with Gasteiger partial charge in [-0.25, -0.2) is 14.4 Å². The summed E-state index contributed by atoms with van der Waals surface area (Å²) >= 11 is 5.81. The molecule has 2 aromatic heterocycles. The van der Waals surface area contributed by atoms with Crippen molar-refractivity contribution in [3.05, 3.63) is 65.3 Å². The van der Waals surface area contributed by atoms with E-state index in [9.17, 15) is 4.39 Å². The molecule has 6 heteroatoms. The van der Waals surface area contributed by atoms with Crippen LogP contribution in [0.4, 0.5) is 10.2 Å². The second-order valence-corrected chi connectivity index (χ2v) is 4.97. The molecule has 0 aliphatic heterocycles. The molecule has 0 amide bonds. The van der Waals surface area contributed by atoms with Gasteiger partial charge in [-0.2, -0.15) is 0 Å². The maximum Gasteiger partial charge on any atom is 0.146 e. The summed E-state index contributed by atoms with van der Waals surface area (Å²) in [4.78, 5) is 8.25. The molecule has 0 bridgehead atoms. The van der Waals surface area contributed by atoms with Crippen LogP contribution in [0.3, 0.4) is 0 Å². The van der Waals surface area contributed by atoms with Crippen LogP contribution < -0.4 is 5.73 Å². The van der Waals surface area contributed by atoms with Gasteiger partial charge < -0.3 is 10.3 Å². The maximum atomic E-state index is 14.0. The number of anilines is 1. The van der Waals surface area contributed by atoms with Gasteiger partial charge in [-0.1, -0.05) is 23.7 Å². The summed E-state index contributed by atoms with van der Waals surface area (Å²) < 4.78 is 15.8. The highest BCUT2D eigenvalue weighted by molar-refractivity contribution is 6.30. The fourth-order valence-corrected chi connectivity index (χ4v) is 2.33. The van der Waals surface area contributed by atoms with Gasteiger partial charge in [0.1, 0.15) is 17.5 Å². The number of hydrogen-bond acceptors (Lipinski definition) is 3. The third kappa shape index (κ3) is 2.73. The van der Waals surface area contributed by atoms with E-state index in [4.69, 9.17) is 17.3 Å². The fraction of sp³-hybridized carbons (Fsp3) is 0.0667. The van der Waals surface area contributed by atoms with Crippen molar-refractivity contribution >= 4 is 17.4 Å². The number of benzene rings is 1. The normalized spacial score (nSPS) is 10.8. The highest BCUT2D eigenvalue weighted by Crippen LogP contribution is 2.22. The van der Waals surface area contributed by atoms with Crippen LogP contribution in [0.15, 0.2) is 48.9 Å². The van der Waals surface area contributed by atoms with Gasteiger partial charge in [0.05, 0.1) is 11.6 Å². The predicted octanol–water partition coefficient (Wildman–Crippen LogP) is 3.37. The number of nitrogen functional groups attached to an aromatic ring is 1. The lowest BCUT2D eigenvalue weighted by Crippen LogP contribution is -2.04. The van der Waals surface area contributed by atoms with Crippen molar-refractivity contribution in [2.45, 2.75) is 6.54 Å². The van der Waals surface area contributed by atoms with Gasteiger partial charge in [0.25, 0.3) is 0 Å². The number of aromatic nitrogens is 3. The van der Waals surface area contributed by atoms with Crippen molar-refractivity contribution in [1.82, 2.24) is 14.5 Å². The Morgan fingerprint density at radius 3 is 2.86 bits per heavy atom. The first kappa shape index (κ1) is 13.6. The van der Waals surface area contributed by atoms with Crippen LogP contribution in [-0.2, 0) is 6.54 Å². The molecule has 0 radical (unpaired) electrons. The average molecular weight is 303 g/mol. The number of imidazole rings is 1. The quantitative estimate of drug-likeness (QED) is 0.807. The molecule has 0 saturated heterocycles. The Labute approximate surface area is 126 Å². The molecule has 0 aliphatic rings. The zero-order chi connectivity index (χ0) is 14.8. The number of rotatable bonds is 3. The van der Waals surface area contributed by atoms with Crippen LogP contribution in [0, 0.1) is 5.82 Å². The Kier molecular flexibility index (Phi) is 3.58. The highest BCUT2D eigenvalue weighted by atomic mass is 35.5. The number of hydrogen-bond donors (Lipinski definition) is 1. The molecular formula is C15H12ClFN4. The van der Waals surface area contributed by atoms with E-state index in [1.807, 2.05) is 10.6 Å². The predicted molar refractivity (Wildman–Crippen MR) is 80.4 cm³/mol. The minimum atomic E-state index is -0.409. The number of pyridine rings is 1. The van der Waals surface area contributed by atoms with Crippen LogP contribution in [0.2, 0.25) is 5.02 Å². The number of halogens is 2. The third-order valence-electron chi connectivity index (χ3n) is 3.13. The zero-order valence-corrected chi connectivity index (χ0v) is 11.8. The minimum absolute atomic E-state index is 0.113. The van der Waals surface area contributed by atoms with Crippen molar-refractivity contribution in [1.29, 1.82) is 0 Å². The molecule has 0 aliphatic carbocycles. The SMILES string of the molecule is Nc1cc(-c2nccn2Cc2cccc(Cl)c2F)ccn1. The maximum absolute atomic E-state index is 14.0. The monoisotopic (exact) mass is 302 g/mol. The summed E-state index contributed by atoms with van der Waals surface area (Å²) in [5.74, 6) is 0.701. The van der Waals surface area contributed by atoms with Crippen LogP contribution in [0.1, 0.15) is 5.56 Å². The van der Waals surface area contributed by atoms with E-state index in [1.54, 1.807) is 36.8 Å². The first-order valence-corrected chi connectivity index (χ1v) is 6.69. The lowest BCUT2D eigenvalue weighted by molar-refractivity contribution is 0.600. The van der Waals surface area contributed by atoms with Gasteiger partial charge in [0, 0.05) is 29.7 Å². The molecule has 2 N–H and O–H groups in total. The van der Waals surface area contributed by atoms with E-state index in [0.717, 1.165) is 5.56 Å². The molecule has 1 aromatic carbocycles. The fourth-order valence-electron chi connectivity index (χ4n) is 2.14. The molecule has 0 atom stereocenters. The van der Waals surface area contributed by atoms with E-state index in [-0.39, 0.29) is 5.02 Å². The second kappa shape index (κ2) is 5.54. The van der Waals surface area contributed by atoms with Gasteiger partial charge in [0.2, 0.25) is 0 Å². The van der Waals surface area contributed by atoms with Crippen LogP contribution in [0.25, 0.3) is 11.4 Å². The van der Waals surface area contributed by atoms with Crippen LogP contribution in [0.5, 0.6) is 0 Å².